The van der Waals surface area contributed by atoms with Crippen LogP contribution in [0, 0.1) is 6.92 Å². The number of methoxy groups -OCH3 is 1. The fourth-order valence-corrected chi connectivity index (χ4v) is 4.07. The van der Waals surface area contributed by atoms with Crippen LogP contribution < -0.4 is 15.4 Å². The predicted molar refractivity (Wildman–Crippen MR) is 125 cm³/mol. The zero-order valence-electron chi connectivity index (χ0n) is 18.1. The molecule has 1 saturated heterocycles. The fourth-order valence-electron chi connectivity index (χ4n) is 3.92. The van der Waals surface area contributed by atoms with Crippen LogP contribution in [0.3, 0.4) is 0 Å². The summed E-state index contributed by atoms with van der Waals surface area (Å²) < 4.78 is 5.28. The summed E-state index contributed by atoms with van der Waals surface area (Å²) in [7, 11) is 1.46. The van der Waals surface area contributed by atoms with E-state index in [1.807, 2.05) is 12.1 Å². The van der Waals surface area contributed by atoms with Gasteiger partial charge in [-0.05, 0) is 29.7 Å². The topological polar surface area (TPSA) is 87.7 Å². The number of hydrogen-bond donors (Lipinski definition) is 2. The Morgan fingerprint density at radius 3 is 2.15 bits per heavy atom. The molecule has 0 unspecified atom stereocenters. The first-order chi connectivity index (χ1) is 15.9. The molecule has 3 aromatic rings. The summed E-state index contributed by atoms with van der Waals surface area (Å²) in [5.74, 6) is -0.700. The minimum absolute atomic E-state index is 0.374. The molecule has 0 aromatic heterocycles. The van der Waals surface area contributed by atoms with Crippen molar-refractivity contribution in [3.8, 4) is 5.75 Å². The van der Waals surface area contributed by atoms with Crippen molar-refractivity contribution in [2.45, 2.75) is 12.5 Å². The van der Waals surface area contributed by atoms with Gasteiger partial charge in [-0.1, -0.05) is 72.3 Å². The number of rotatable bonds is 6. The fraction of sp³-hybridized carbons (Fsp3) is 0.160. The lowest BCUT2D eigenvalue weighted by Crippen LogP contribution is -2.45. The molecule has 0 radical (unpaired) electrons. The van der Waals surface area contributed by atoms with Crippen molar-refractivity contribution in [3.63, 3.8) is 0 Å². The first-order valence-corrected chi connectivity index (χ1v) is 10.6. The number of ether oxygens (including phenoxy) is 1. The highest BCUT2D eigenvalue weighted by Gasteiger charge is 2.54. The van der Waals surface area contributed by atoms with Gasteiger partial charge < -0.3 is 15.4 Å². The maximum absolute atomic E-state index is 13.7. The average Bonchev–Trinajstić information content (AvgIpc) is 3.08. The second-order valence-electron chi connectivity index (χ2n) is 7.65. The molecule has 4 rings (SSSR count). The van der Waals surface area contributed by atoms with Crippen molar-refractivity contribution in [3.05, 3.63) is 94.5 Å². The number of benzene rings is 3. The van der Waals surface area contributed by atoms with Crippen LogP contribution in [0.25, 0.3) is 0 Å². The van der Waals surface area contributed by atoms with Crippen LogP contribution in [0.4, 0.5) is 10.5 Å². The van der Waals surface area contributed by atoms with Crippen LogP contribution in [0.5, 0.6) is 5.75 Å². The Morgan fingerprint density at radius 1 is 1.03 bits per heavy atom. The number of nitrogens with one attached hydrogen (secondary N) is 2. The van der Waals surface area contributed by atoms with Crippen LogP contribution in [-0.4, -0.2) is 36.4 Å². The van der Waals surface area contributed by atoms with Gasteiger partial charge in [0, 0.05) is 11.1 Å². The van der Waals surface area contributed by atoms with Crippen LogP contribution >= 0.6 is 11.6 Å². The summed E-state index contributed by atoms with van der Waals surface area (Å²) in [5.41, 5.74) is 0.928. The highest BCUT2D eigenvalue weighted by atomic mass is 35.5. The summed E-state index contributed by atoms with van der Waals surface area (Å²) in [4.78, 5) is 40.4. The Morgan fingerprint density at radius 2 is 1.61 bits per heavy atom. The third kappa shape index (κ3) is 4.03. The summed E-state index contributed by atoms with van der Waals surface area (Å²) in [6.07, 6.45) is 0. The highest BCUT2D eigenvalue weighted by Crippen LogP contribution is 2.36. The van der Waals surface area contributed by atoms with Crippen molar-refractivity contribution in [2.75, 3.05) is 19.0 Å². The minimum atomic E-state index is -1.42. The number of nitrogens with zero attached hydrogens (tertiary/aromatic N) is 1. The van der Waals surface area contributed by atoms with E-state index in [1.54, 1.807) is 67.6 Å². The van der Waals surface area contributed by atoms with E-state index in [9.17, 15) is 14.4 Å². The van der Waals surface area contributed by atoms with Gasteiger partial charge in [0.15, 0.2) is 5.54 Å². The second-order valence-corrected chi connectivity index (χ2v) is 8.06. The lowest BCUT2D eigenvalue weighted by molar-refractivity contribution is -0.133. The molecule has 33 heavy (non-hydrogen) atoms. The summed E-state index contributed by atoms with van der Waals surface area (Å²) in [6, 6.07) is 20.5. The van der Waals surface area contributed by atoms with Crippen LogP contribution in [0.15, 0.2) is 72.8 Å². The summed E-state index contributed by atoms with van der Waals surface area (Å²) in [5, 5.41) is 6.03. The Kier molecular flexibility index (Phi) is 6.07. The molecule has 1 heterocycles. The van der Waals surface area contributed by atoms with Crippen molar-refractivity contribution in [1.29, 1.82) is 0 Å². The first-order valence-electron chi connectivity index (χ1n) is 10.3. The van der Waals surface area contributed by atoms with E-state index >= 15 is 0 Å². The van der Waals surface area contributed by atoms with E-state index in [1.165, 1.54) is 7.11 Å². The number of carbonyl (C=O) groups is 3. The van der Waals surface area contributed by atoms with Crippen molar-refractivity contribution >= 4 is 35.1 Å². The first kappa shape index (κ1) is 22.4. The van der Waals surface area contributed by atoms with Crippen molar-refractivity contribution in [1.82, 2.24) is 10.2 Å². The monoisotopic (exact) mass is 463 g/mol. The molecule has 0 saturated carbocycles. The summed E-state index contributed by atoms with van der Waals surface area (Å²) >= 11 is 6.13. The molecule has 1 aliphatic heterocycles. The summed E-state index contributed by atoms with van der Waals surface area (Å²) in [6.45, 7) is 1.33. The van der Waals surface area contributed by atoms with Crippen molar-refractivity contribution in [2.24, 2.45) is 0 Å². The van der Waals surface area contributed by atoms with E-state index in [0.29, 0.717) is 27.6 Å². The number of anilines is 1. The zero-order valence-corrected chi connectivity index (χ0v) is 18.8. The quantitative estimate of drug-likeness (QED) is 0.539. The van der Waals surface area contributed by atoms with Gasteiger partial charge in [0.1, 0.15) is 12.3 Å². The van der Waals surface area contributed by atoms with Gasteiger partial charge in [0.05, 0.1) is 12.8 Å². The number of carbonyl (C=O) groups excluding carboxylic acids is 3. The smallest absolute Gasteiger partial charge is 0.326 e. The SMILES string of the molecule is COc1cc(Cl)c(C)cc1NC(=O)CN1C(=O)NC(c2ccccc2)(c2ccccc2)C1=O. The van der Waals surface area contributed by atoms with Gasteiger partial charge in [-0.15, -0.1) is 0 Å². The number of hydrogen-bond acceptors (Lipinski definition) is 4. The molecule has 4 amide bonds. The van der Waals surface area contributed by atoms with Crippen molar-refractivity contribution < 1.29 is 19.1 Å². The van der Waals surface area contributed by atoms with E-state index in [4.69, 9.17) is 16.3 Å². The lowest BCUT2D eigenvalue weighted by Gasteiger charge is -2.28. The van der Waals surface area contributed by atoms with E-state index in [-0.39, 0.29) is 0 Å². The molecule has 0 spiro atoms. The van der Waals surface area contributed by atoms with Crippen LogP contribution in [0.1, 0.15) is 16.7 Å². The Bertz CT molecular complexity index is 1180. The molecular weight excluding hydrogens is 442 g/mol. The molecular formula is C25H22ClN3O4. The molecule has 0 bridgehead atoms. The minimum Gasteiger partial charge on any atom is -0.495 e. The molecule has 8 heteroatoms. The second kappa shape index (κ2) is 8.96. The molecule has 168 valence electrons. The largest absolute Gasteiger partial charge is 0.495 e. The average molecular weight is 464 g/mol. The van der Waals surface area contributed by atoms with Gasteiger partial charge in [-0.2, -0.15) is 0 Å². The molecule has 0 atom stereocenters. The van der Waals surface area contributed by atoms with Gasteiger partial charge in [-0.25, -0.2) is 4.79 Å². The molecule has 1 fully saturated rings. The lowest BCUT2D eigenvalue weighted by atomic mass is 9.82. The number of urea groups is 1. The molecule has 2 N–H and O–H groups in total. The Labute approximate surface area is 196 Å². The van der Waals surface area contributed by atoms with Gasteiger partial charge >= 0.3 is 6.03 Å². The van der Waals surface area contributed by atoms with E-state index in [2.05, 4.69) is 10.6 Å². The Hall–Kier alpha value is -3.84. The molecule has 3 aromatic carbocycles. The van der Waals surface area contributed by atoms with E-state index < -0.39 is 29.9 Å². The third-order valence-electron chi connectivity index (χ3n) is 5.58. The maximum atomic E-state index is 13.7. The number of amides is 4. The Balaban J connectivity index is 1.64. The van der Waals surface area contributed by atoms with Crippen LogP contribution in [-0.2, 0) is 15.1 Å². The van der Waals surface area contributed by atoms with Gasteiger partial charge in [-0.3, -0.25) is 14.5 Å². The molecule has 7 nitrogen and oxygen atoms in total. The van der Waals surface area contributed by atoms with Gasteiger partial charge in [0.2, 0.25) is 5.91 Å². The maximum Gasteiger partial charge on any atom is 0.326 e. The van der Waals surface area contributed by atoms with E-state index in [0.717, 1.165) is 10.5 Å². The standard InChI is InChI=1S/C25H22ClN3O4/c1-16-13-20(21(33-2)14-19(16)26)27-22(30)15-29-23(31)25(28-24(29)32,17-9-5-3-6-10-17)18-11-7-4-8-12-18/h3-14H,15H2,1-2H3,(H,27,30)(H,28,32). The molecule has 0 aliphatic carbocycles. The number of imide groups is 1. The zero-order chi connectivity index (χ0) is 23.6. The third-order valence-corrected chi connectivity index (χ3v) is 5.98. The van der Waals surface area contributed by atoms with Gasteiger partial charge in [0.25, 0.3) is 5.91 Å². The normalized spacial score (nSPS) is 14.7. The highest BCUT2D eigenvalue weighted by molar-refractivity contribution is 6.31. The number of halogens is 1. The number of aryl methyl sites for hydroxylation is 1. The predicted octanol–water partition coefficient (Wildman–Crippen LogP) is 4.09. The van der Waals surface area contributed by atoms with Crippen LogP contribution in [0.2, 0.25) is 5.02 Å². The molecule has 1 aliphatic rings.